The summed E-state index contributed by atoms with van der Waals surface area (Å²) in [5.74, 6) is 4.11. The van der Waals surface area contributed by atoms with E-state index in [2.05, 4.69) is 10.7 Å². The Hall–Kier alpha value is -2.11. The highest BCUT2D eigenvalue weighted by Gasteiger charge is 2.15. The van der Waals surface area contributed by atoms with Crippen molar-refractivity contribution in [3.63, 3.8) is 0 Å². The Labute approximate surface area is 114 Å². The van der Waals surface area contributed by atoms with Gasteiger partial charge in [-0.1, -0.05) is 29.8 Å². The lowest BCUT2D eigenvalue weighted by atomic mass is 10.1. The van der Waals surface area contributed by atoms with Crippen molar-refractivity contribution in [2.75, 3.05) is 10.7 Å². The van der Waals surface area contributed by atoms with Gasteiger partial charge in [-0.2, -0.15) is 0 Å². The largest absolute Gasteiger partial charge is 0.321 e. The maximum Gasteiger partial charge on any atom is 0.257 e. The van der Waals surface area contributed by atoms with Crippen LogP contribution in [0.3, 0.4) is 0 Å². The molecule has 0 fully saturated rings. The summed E-state index contributed by atoms with van der Waals surface area (Å²) in [5, 5.41) is 2.99. The molecule has 0 saturated heterocycles. The summed E-state index contributed by atoms with van der Waals surface area (Å²) < 4.78 is 13.5. The van der Waals surface area contributed by atoms with E-state index >= 15 is 0 Å². The summed E-state index contributed by atoms with van der Waals surface area (Å²) in [6, 6.07) is 10.9. The van der Waals surface area contributed by atoms with Crippen molar-refractivity contribution in [3.8, 4) is 0 Å². The van der Waals surface area contributed by atoms with Crippen LogP contribution in [0.1, 0.15) is 10.4 Å². The van der Waals surface area contributed by atoms with E-state index in [0.29, 0.717) is 10.7 Å². The third-order valence-electron chi connectivity index (χ3n) is 2.52. The van der Waals surface area contributed by atoms with E-state index in [1.54, 1.807) is 24.3 Å². The first kappa shape index (κ1) is 13.3. The number of hydrogen-bond donors (Lipinski definition) is 3. The second-order valence-corrected chi connectivity index (χ2v) is 4.15. The quantitative estimate of drug-likeness (QED) is 0.598. The predicted molar refractivity (Wildman–Crippen MR) is 73.6 cm³/mol. The van der Waals surface area contributed by atoms with Gasteiger partial charge < -0.3 is 10.7 Å². The number of hydrogen-bond acceptors (Lipinski definition) is 3. The zero-order valence-electron chi connectivity index (χ0n) is 9.78. The second-order valence-electron chi connectivity index (χ2n) is 3.74. The maximum absolute atomic E-state index is 13.5. The van der Waals surface area contributed by atoms with Crippen molar-refractivity contribution in [1.29, 1.82) is 0 Å². The third kappa shape index (κ3) is 2.83. The predicted octanol–water partition coefficient (Wildman–Crippen LogP) is 3.02. The normalized spacial score (nSPS) is 10.1. The minimum atomic E-state index is -0.602. The number of carbonyl (C=O) groups is 1. The van der Waals surface area contributed by atoms with E-state index in [4.69, 9.17) is 17.4 Å². The number of halogens is 2. The maximum atomic E-state index is 13.5. The molecule has 2 aromatic rings. The fraction of sp³-hybridized carbons (Fsp3) is 0. The molecule has 19 heavy (non-hydrogen) atoms. The summed E-state index contributed by atoms with van der Waals surface area (Å²) in [6.07, 6.45) is 0. The molecule has 0 aliphatic carbocycles. The lowest BCUT2D eigenvalue weighted by Crippen LogP contribution is -2.18. The second kappa shape index (κ2) is 5.69. The van der Waals surface area contributed by atoms with Gasteiger partial charge in [0.2, 0.25) is 0 Å². The Balaban J connectivity index is 2.31. The molecule has 98 valence electrons. The van der Waals surface area contributed by atoms with Gasteiger partial charge in [0.05, 0.1) is 22.0 Å². The minimum absolute atomic E-state index is 0.0629. The number of para-hydroxylation sites is 2. The van der Waals surface area contributed by atoms with Crippen LogP contribution in [-0.2, 0) is 0 Å². The van der Waals surface area contributed by atoms with Gasteiger partial charge >= 0.3 is 0 Å². The van der Waals surface area contributed by atoms with Crippen molar-refractivity contribution in [2.24, 2.45) is 5.84 Å². The van der Waals surface area contributed by atoms with Crippen LogP contribution in [0.4, 0.5) is 15.8 Å². The SMILES string of the molecule is NNc1c(F)cccc1C(=O)Nc1ccccc1Cl. The average molecular weight is 280 g/mol. The molecule has 0 aliphatic rings. The van der Waals surface area contributed by atoms with Gasteiger partial charge in [0.25, 0.3) is 5.91 Å². The van der Waals surface area contributed by atoms with Crippen LogP contribution in [0, 0.1) is 5.82 Å². The minimum Gasteiger partial charge on any atom is -0.321 e. The molecule has 1 amide bonds. The van der Waals surface area contributed by atoms with Crippen LogP contribution in [0.15, 0.2) is 42.5 Å². The molecule has 2 rings (SSSR count). The van der Waals surface area contributed by atoms with Gasteiger partial charge in [-0.3, -0.25) is 10.6 Å². The van der Waals surface area contributed by atoms with Crippen molar-refractivity contribution in [2.45, 2.75) is 0 Å². The Bertz CT molecular complexity index is 619. The molecular formula is C13H11ClFN3O. The highest BCUT2D eigenvalue weighted by molar-refractivity contribution is 6.34. The molecule has 0 heterocycles. The van der Waals surface area contributed by atoms with E-state index in [0.717, 1.165) is 0 Å². The van der Waals surface area contributed by atoms with Crippen molar-refractivity contribution < 1.29 is 9.18 Å². The van der Waals surface area contributed by atoms with Crippen LogP contribution in [0.25, 0.3) is 0 Å². The topological polar surface area (TPSA) is 67.1 Å². The molecule has 0 radical (unpaired) electrons. The van der Waals surface area contributed by atoms with Crippen LogP contribution >= 0.6 is 11.6 Å². The fourth-order valence-corrected chi connectivity index (χ4v) is 1.80. The number of anilines is 2. The highest BCUT2D eigenvalue weighted by Crippen LogP contribution is 2.24. The summed E-state index contributed by atoms with van der Waals surface area (Å²) >= 11 is 5.93. The molecule has 0 unspecified atom stereocenters. The van der Waals surface area contributed by atoms with Crippen molar-refractivity contribution >= 4 is 28.9 Å². The Morgan fingerprint density at radius 1 is 1.16 bits per heavy atom. The van der Waals surface area contributed by atoms with Gasteiger partial charge in [0.15, 0.2) is 0 Å². The molecule has 2 aromatic carbocycles. The zero-order chi connectivity index (χ0) is 13.8. The number of hydrazine groups is 1. The number of benzene rings is 2. The lowest BCUT2D eigenvalue weighted by molar-refractivity contribution is 0.102. The molecule has 0 saturated carbocycles. The van der Waals surface area contributed by atoms with Crippen LogP contribution in [-0.4, -0.2) is 5.91 Å². The van der Waals surface area contributed by atoms with E-state index in [1.165, 1.54) is 18.2 Å². The number of nitrogens with two attached hydrogens (primary N) is 1. The van der Waals surface area contributed by atoms with E-state index in [9.17, 15) is 9.18 Å². The molecule has 0 spiro atoms. The molecule has 0 bridgehead atoms. The summed E-state index contributed by atoms with van der Waals surface area (Å²) in [4.78, 5) is 12.1. The lowest BCUT2D eigenvalue weighted by Gasteiger charge is -2.11. The smallest absolute Gasteiger partial charge is 0.257 e. The van der Waals surface area contributed by atoms with Crippen molar-refractivity contribution in [3.05, 3.63) is 58.9 Å². The van der Waals surface area contributed by atoms with E-state index in [1.807, 2.05) is 0 Å². The van der Waals surface area contributed by atoms with Gasteiger partial charge in [-0.15, -0.1) is 0 Å². The monoisotopic (exact) mass is 279 g/mol. The fourth-order valence-electron chi connectivity index (χ4n) is 1.61. The molecule has 4 nitrogen and oxygen atoms in total. The van der Waals surface area contributed by atoms with Gasteiger partial charge in [-0.05, 0) is 24.3 Å². The van der Waals surface area contributed by atoms with Crippen LogP contribution in [0.5, 0.6) is 0 Å². The summed E-state index contributed by atoms with van der Waals surface area (Å²) in [6.45, 7) is 0. The molecular weight excluding hydrogens is 269 g/mol. The molecule has 0 aromatic heterocycles. The first-order valence-electron chi connectivity index (χ1n) is 5.44. The number of nitrogen functional groups attached to an aromatic ring is 1. The highest BCUT2D eigenvalue weighted by atomic mass is 35.5. The summed E-state index contributed by atoms with van der Waals surface area (Å²) in [7, 11) is 0. The first-order chi connectivity index (χ1) is 9.13. The number of nitrogens with one attached hydrogen (secondary N) is 2. The Kier molecular flexibility index (Phi) is 3.99. The average Bonchev–Trinajstić information content (AvgIpc) is 2.41. The zero-order valence-corrected chi connectivity index (χ0v) is 10.5. The Morgan fingerprint density at radius 2 is 1.89 bits per heavy atom. The molecule has 6 heteroatoms. The Morgan fingerprint density at radius 3 is 2.58 bits per heavy atom. The van der Waals surface area contributed by atoms with Crippen LogP contribution < -0.4 is 16.6 Å². The molecule has 4 N–H and O–H groups in total. The number of rotatable bonds is 3. The summed E-state index contributed by atoms with van der Waals surface area (Å²) in [5.41, 5.74) is 2.66. The van der Waals surface area contributed by atoms with Gasteiger partial charge in [-0.25, -0.2) is 4.39 Å². The van der Waals surface area contributed by atoms with E-state index < -0.39 is 11.7 Å². The molecule has 0 atom stereocenters. The number of carbonyl (C=O) groups excluding carboxylic acids is 1. The first-order valence-corrected chi connectivity index (χ1v) is 5.82. The van der Waals surface area contributed by atoms with Crippen molar-refractivity contribution in [1.82, 2.24) is 0 Å². The van der Waals surface area contributed by atoms with E-state index in [-0.39, 0.29) is 11.3 Å². The van der Waals surface area contributed by atoms with Gasteiger partial charge in [0, 0.05) is 0 Å². The standard InChI is InChI=1S/C13H11ClFN3O/c14-9-5-1-2-7-11(9)17-13(19)8-4-3-6-10(15)12(8)18-16/h1-7,18H,16H2,(H,17,19). The van der Waals surface area contributed by atoms with Crippen LogP contribution in [0.2, 0.25) is 5.02 Å². The third-order valence-corrected chi connectivity index (χ3v) is 2.85. The number of amides is 1. The van der Waals surface area contributed by atoms with Gasteiger partial charge in [0.1, 0.15) is 5.82 Å². The molecule has 0 aliphatic heterocycles.